The van der Waals surface area contributed by atoms with E-state index in [4.69, 9.17) is 5.26 Å². The van der Waals surface area contributed by atoms with Gasteiger partial charge in [-0.25, -0.2) is 0 Å². The van der Waals surface area contributed by atoms with E-state index < -0.39 is 4.92 Å². The second-order valence-electron chi connectivity index (χ2n) is 4.02. The summed E-state index contributed by atoms with van der Waals surface area (Å²) in [5.41, 5.74) is 2.39. The van der Waals surface area contributed by atoms with Crippen LogP contribution >= 0.6 is 11.3 Å². The number of rotatable bonds is 4. The molecular weight excluding hydrogens is 262 g/mol. The van der Waals surface area contributed by atoms with Crippen LogP contribution in [-0.4, -0.2) is 4.92 Å². The van der Waals surface area contributed by atoms with E-state index in [1.165, 1.54) is 23.5 Å². The van der Waals surface area contributed by atoms with Crippen LogP contribution in [0, 0.1) is 28.4 Å². The van der Waals surface area contributed by atoms with Crippen molar-refractivity contribution in [2.75, 3.05) is 5.32 Å². The molecule has 19 heavy (non-hydrogen) atoms. The Balaban J connectivity index is 2.12. The van der Waals surface area contributed by atoms with Crippen LogP contribution in [0.3, 0.4) is 0 Å². The number of hydrogen-bond acceptors (Lipinski definition) is 5. The average Bonchev–Trinajstić information content (AvgIpc) is 2.85. The van der Waals surface area contributed by atoms with Gasteiger partial charge < -0.3 is 5.32 Å². The van der Waals surface area contributed by atoms with Crippen molar-refractivity contribution in [2.24, 2.45) is 0 Å². The smallest absolute Gasteiger partial charge is 0.271 e. The third kappa shape index (κ3) is 3.09. The molecular formula is C13H11N3O2S. The van der Waals surface area contributed by atoms with Crippen LogP contribution < -0.4 is 5.32 Å². The van der Waals surface area contributed by atoms with Crippen molar-refractivity contribution in [3.8, 4) is 6.07 Å². The van der Waals surface area contributed by atoms with Crippen molar-refractivity contribution >= 4 is 22.7 Å². The Morgan fingerprint density at radius 3 is 2.89 bits per heavy atom. The number of benzene rings is 1. The Labute approximate surface area is 114 Å². The zero-order valence-electron chi connectivity index (χ0n) is 10.2. The number of anilines is 1. The fraction of sp³-hybridized carbons (Fsp3) is 0.154. The number of nitrogens with zero attached hydrogens (tertiary/aromatic N) is 2. The Morgan fingerprint density at radius 1 is 1.47 bits per heavy atom. The molecule has 1 N–H and O–H groups in total. The molecule has 0 spiro atoms. The van der Waals surface area contributed by atoms with Gasteiger partial charge in [0.1, 0.15) is 6.07 Å². The molecule has 0 aliphatic heterocycles. The van der Waals surface area contributed by atoms with Crippen LogP contribution in [-0.2, 0) is 6.54 Å². The van der Waals surface area contributed by atoms with Crippen molar-refractivity contribution < 1.29 is 4.92 Å². The summed E-state index contributed by atoms with van der Waals surface area (Å²) in [5, 5.41) is 24.4. The van der Waals surface area contributed by atoms with Crippen molar-refractivity contribution in [2.45, 2.75) is 13.5 Å². The minimum atomic E-state index is -0.413. The highest BCUT2D eigenvalue weighted by atomic mass is 32.1. The van der Waals surface area contributed by atoms with Gasteiger partial charge in [0.05, 0.1) is 10.5 Å². The van der Waals surface area contributed by atoms with Crippen LogP contribution in [0.5, 0.6) is 0 Å². The first-order chi connectivity index (χ1) is 9.10. The summed E-state index contributed by atoms with van der Waals surface area (Å²) in [7, 11) is 0. The third-order valence-corrected chi connectivity index (χ3v) is 3.60. The molecule has 2 aromatic rings. The van der Waals surface area contributed by atoms with Crippen molar-refractivity contribution in [3.63, 3.8) is 0 Å². The van der Waals surface area contributed by atoms with Crippen molar-refractivity contribution in [1.82, 2.24) is 0 Å². The second-order valence-corrected chi connectivity index (χ2v) is 5.02. The molecule has 0 fully saturated rings. The van der Waals surface area contributed by atoms with Gasteiger partial charge in [-0.2, -0.15) is 5.26 Å². The number of hydrogen-bond donors (Lipinski definition) is 1. The minimum absolute atomic E-state index is 0.0667. The Hall–Kier alpha value is -2.39. The van der Waals surface area contributed by atoms with E-state index in [2.05, 4.69) is 11.4 Å². The predicted molar refractivity (Wildman–Crippen MR) is 74.2 cm³/mol. The van der Waals surface area contributed by atoms with Crippen molar-refractivity contribution in [3.05, 3.63) is 55.8 Å². The number of thiophene rings is 1. The highest BCUT2D eigenvalue weighted by Gasteiger charge is 2.08. The highest BCUT2D eigenvalue weighted by molar-refractivity contribution is 7.10. The fourth-order valence-corrected chi connectivity index (χ4v) is 2.38. The lowest BCUT2D eigenvalue weighted by atomic mass is 10.2. The first-order valence-corrected chi connectivity index (χ1v) is 6.44. The van der Waals surface area contributed by atoms with E-state index in [1.807, 2.05) is 13.0 Å². The maximum atomic E-state index is 10.7. The lowest BCUT2D eigenvalue weighted by Gasteiger charge is -2.08. The van der Waals surface area contributed by atoms with Gasteiger partial charge in [0.15, 0.2) is 0 Å². The van der Waals surface area contributed by atoms with Crippen LogP contribution in [0.25, 0.3) is 0 Å². The number of nitro benzene ring substituents is 1. The van der Waals surface area contributed by atoms with E-state index in [9.17, 15) is 10.1 Å². The molecule has 0 bridgehead atoms. The van der Waals surface area contributed by atoms with Gasteiger partial charge in [0.2, 0.25) is 0 Å². The molecule has 0 aliphatic carbocycles. The summed E-state index contributed by atoms with van der Waals surface area (Å²) in [5.74, 6) is 0. The standard InChI is InChI=1S/C13H11N3O2S/c1-9-2-3-11(16(17)18)5-13(9)15-7-12-4-10(6-14)8-19-12/h2-5,8,15H,7H2,1H3. The molecule has 96 valence electrons. The molecule has 6 heteroatoms. The van der Waals surface area contributed by atoms with Gasteiger partial charge in [-0.3, -0.25) is 10.1 Å². The first-order valence-electron chi connectivity index (χ1n) is 5.56. The molecule has 5 nitrogen and oxygen atoms in total. The second kappa shape index (κ2) is 5.50. The van der Waals surface area contributed by atoms with Gasteiger partial charge in [-0.1, -0.05) is 6.07 Å². The zero-order valence-corrected chi connectivity index (χ0v) is 11.0. The highest BCUT2D eigenvalue weighted by Crippen LogP contribution is 2.23. The Kier molecular flexibility index (Phi) is 3.78. The molecule has 0 saturated carbocycles. The number of non-ortho nitro benzene ring substituents is 1. The molecule has 0 atom stereocenters. The van der Waals surface area contributed by atoms with Crippen LogP contribution in [0.4, 0.5) is 11.4 Å². The predicted octanol–water partition coefficient (Wildman–Crippen LogP) is 3.45. The van der Waals surface area contributed by atoms with Crippen LogP contribution in [0.15, 0.2) is 29.6 Å². The summed E-state index contributed by atoms with van der Waals surface area (Å²) in [4.78, 5) is 11.3. The normalized spacial score (nSPS) is 9.89. The molecule has 0 saturated heterocycles. The van der Waals surface area contributed by atoms with E-state index in [-0.39, 0.29) is 5.69 Å². The zero-order chi connectivity index (χ0) is 13.8. The molecule has 1 heterocycles. The number of aryl methyl sites for hydroxylation is 1. The van der Waals surface area contributed by atoms with Gasteiger partial charge in [0.25, 0.3) is 5.69 Å². The van der Waals surface area contributed by atoms with Gasteiger partial charge in [-0.15, -0.1) is 11.3 Å². The topological polar surface area (TPSA) is 79.0 Å². The van der Waals surface area contributed by atoms with E-state index in [0.29, 0.717) is 12.1 Å². The van der Waals surface area contributed by atoms with E-state index in [0.717, 1.165) is 16.1 Å². The van der Waals surface area contributed by atoms with Crippen LogP contribution in [0.1, 0.15) is 16.0 Å². The SMILES string of the molecule is Cc1ccc([N+](=O)[O-])cc1NCc1cc(C#N)cs1. The quantitative estimate of drug-likeness (QED) is 0.683. The maximum Gasteiger partial charge on any atom is 0.271 e. The van der Waals surface area contributed by atoms with Crippen LogP contribution in [0.2, 0.25) is 0 Å². The third-order valence-electron chi connectivity index (χ3n) is 2.67. The number of nitrogens with one attached hydrogen (secondary N) is 1. The first kappa shape index (κ1) is 13.1. The minimum Gasteiger partial charge on any atom is -0.380 e. The van der Waals surface area contributed by atoms with Gasteiger partial charge >= 0.3 is 0 Å². The maximum absolute atomic E-state index is 10.7. The monoisotopic (exact) mass is 273 g/mol. The van der Waals surface area contributed by atoms with E-state index >= 15 is 0 Å². The molecule has 1 aromatic heterocycles. The lowest BCUT2D eigenvalue weighted by Crippen LogP contribution is -2.00. The molecule has 0 amide bonds. The summed E-state index contributed by atoms with van der Waals surface area (Å²) in [6.45, 7) is 2.44. The number of nitro groups is 1. The fourth-order valence-electron chi connectivity index (χ4n) is 1.63. The molecule has 0 radical (unpaired) electrons. The summed E-state index contributed by atoms with van der Waals surface area (Å²) in [6, 6.07) is 8.61. The molecule has 0 unspecified atom stereocenters. The summed E-state index contributed by atoms with van der Waals surface area (Å²) in [6.07, 6.45) is 0. The molecule has 0 aliphatic rings. The Morgan fingerprint density at radius 2 is 2.26 bits per heavy atom. The Bertz CT molecular complexity index is 658. The van der Waals surface area contributed by atoms with Crippen molar-refractivity contribution in [1.29, 1.82) is 5.26 Å². The molecule has 2 rings (SSSR count). The largest absolute Gasteiger partial charge is 0.380 e. The average molecular weight is 273 g/mol. The summed E-state index contributed by atoms with van der Waals surface area (Å²) < 4.78 is 0. The molecule has 1 aromatic carbocycles. The lowest BCUT2D eigenvalue weighted by molar-refractivity contribution is -0.384. The van der Waals surface area contributed by atoms with Gasteiger partial charge in [0, 0.05) is 34.6 Å². The van der Waals surface area contributed by atoms with E-state index in [1.54, 1.807) is 11.4 Å². The van der Waals surface area contributed by atoms with Gasteiger partial charge in [-0.05, 0) is 18.6 Å². The number of nitriles is 1. The summed E-state index contributed by atoms with van der Waals surface area (Å²) >= 11 is 1.49.